The molecule has 1 aliphatic rings. The van der Waals surface area contributed by atoms with Gasteiger partial charge in [0, 0.05) is 25.3 Å². The Balaban J connectivity index is 2.04. The van der Waals surface area contributed by atoms with Gasteiger partial charge in [-0.1, -0.05) is 6.07 Å². The van der Waals surface area contributed by atoms with Crippen molar-refractivity contribution in [1.29, 1.82) is 0 Å². The molecule has 2 rings (SSSR count). The molecule has 4 heteroatoms. The first-order valence-corrected chi connectivity index (χ1v) is 7.17. The lowest BCUT2D eigenvalue weighted by Gasteiger charge is -2.29. The van der Waals surface area contributed by atoms with E-state index in [9.17, 15) is 9.90 Å². The molecule has 1 aliphatic heterocycles. The molecule has 17 heavy (non-hydrogen) atoms. The Morgan fingerprint density at radius 1 is 1.47 bits per heavy atom. The first-order chi connectivity index (χ1) is 8.20. The quantitative estimate of drug-likeness (QED) is 0.893. The molecule has 0 spiro atoms. The second kappa shape index (κ2) is 5.45. The molecule has 0 atom stereocenters. The molecule has 0 unspecified atom stereocenters. The summed E-state index contributed by atoms with van der Waals surface area (Å²) in [5, 5.41) is 9.45. The van der Waals surface area contributed by atoms with Gasteiger partial charge in [0.25, 0.3) is 0 Å². The van der Waals surface area contributed by atoms with Crippen LogP contribution in [-0.2, 0) is 17.8 Å². The zero-order valence-electron chi connectivity index (χ0n) is 9.98. The lowest BCUT2D eigenvalue weighted by atomic mass is 9.99. The van der Waals surface area contributed by atoms with Gasteiger partial charge in [0.05, 0.1) is 0 Å². The minimum absolute atomic E-state index is 0.216. The maximum Gasteiger partial charge on any atom is 0.223 e. The normalized spacial score (nSPS) is 14.5. The lowest BCUT2D eigenvalue weighted by molar-refractivity contribution is -0.131. The number of rotatable bonds is 3. The first kappa shape index (κ1) is 12.3. The monoisotopic (exact) mass is 251 g/mol. The Morgan fingerprint density at radius 3 is 3.06 bits per heavy atom. The van der Waals surface area contributed by atoms with E-state index in [0.29, 0.717) is 13.0 Å². The van der Waals surface area contributed by atoms with E-state index >= 15 is 0 Å². The van der Waals surface area contributed by atoms with E-state index in [1.807, 2.05) is 17.2 Å². The fourth-order valence-electron chi connectivity index (χ4n) is 2.10. The molecule has 92 valence electrons. The summed E-state index contributed by atoms with van der Waals surface area (Å²) in [4.78, 5) is 13.8. The van der Waals surface area contributed by atoms with Crippen LogP contribution in [0, 0.1) is 0 Å². The SMILES string of the molecule is CSCCC(=O)N1CCc2ccc(O)cc2C1. The summed E-state index contributed by atoms with van der Waals surface area (Å²) in [5.41, 5.74) is 2.32. The van der Waals surface area contributed by atoms with Gasteiger partial charge in [0.15, 0.2) is 0 Å². The summed E-state index contributed by atoms with van der Waals surface area (Å²) in [6, 6.07) is 5.43. The molecule has 1 aromatic carbocycles. The van der Waals surface area contributed by atoms with Gasteiger partial charge in [0.1, 0.15) is 5.75 Å². The number of amides is 1. The van der Waals surface area contributed by atoms with Crippen molar-refractivity contribution in [2.24, 2.45) is 0 Å². The van der Waals surface area contributed by atoms with Crippen LogP contribution in [-0.4, -0.2) is 34.5 Å². The number of thioether (sulfide) groups is 1. The summed E-state index contributed by atoms with van der Waals surface area (Å²) in [6.07, 6.45) is 3.51. The number of carbonyl (C=O) groups is 1. The van der Waals surface area contributed by atoms with Gasteiger partial charge in [-0.3, -0.25) is 4.79 Å². The van der Waals surface area contributed by atoms with E-state index in [-0.39, 0.29) is 11.7 Å². The fraction of sp³-hybridized carbons (Fsp3) is 0.462. The van der Waals surface area contributed by atoms with E-state index in [1.165, 1.54) is 5.56 Å². The Kier molecular flexibility index (Phi) is 3.94. The van der Waals surface area contributed by atoms with Crippen LogP contribution in [0.3, 0.4) is 0 Å². The van der Waals surface area contributed by atoms with Gasteiger partial charge in [0.2, 0.25) is 5.91 Å². The Bertz CT molecular complexity index is 420. The summed E-state index contributed by atoms with van der Waals surface area (Å²) in [5.74, 6) is 1.37. The lowest BCUT2D eigenvalue weighted by Crippen LogP contribution is -2.36. The molecule has 1 aromatic rings. The van der Waals surface area contributed by atoms with Crippen molar-refractivity contribution in [3.63, 3.8) is 0 Å². The van der Waals surface area contributed by atoms with Gasteiger partial charge >= 0.3 is 0 Å². The van der Waals surface area contributed by atoms with Crippen molar-refractivity contribution < 1.29 is 9.90 Å². The molecular weight excluding hydrogens is 234 g/mol. The number of phenols is 1. The number of phenolic OH excluding ortho intramolecular Hbond substituents is 1. The number of fused-ring (bicyclic) bond motifs is 1. The van der Waals surface area contributed by atoms with E-state index in [2.05, 4.69) is 0 Å². The zero-order chi connectivity index (χ0) is 12.3. The van der Waals surface area contributed by atoms with Crippen LogP contribution in [0.4, 0.5) is 0 Å². The van der Waals surface area contributed by atoms with Crippen molar-refractivity contribution in [2.75, 3.05) is 18.6 Å². The number of hydrogen-bond acceptors (Lipinski definition) is 3. The molecule has 0 aromatic heterocycles. The largest absolute Gasteiger partial charge is 0.508 e. The highest BCUT2D eigenvalue weighted by Crippen LogP contribution is 2.23. The third-order valence-corrected chi connectivity index (χ3v) is 3.69. The number of aromatic hydroxyl groups is 1. The molecular formula is C13H17NO2S. The maximum atomic E-state index is 11.9. The summed E-state index contributed by atoms with van der Waals surface area (Å²) in [7, 11) is 0. The van der Waals surface area contributed by atoms with E-state index in [0.717, 1.165) is 24.3 Å². The van der Waals surface area contributed by atoms with Crippen LogP contribution in [0.25, 0.3) is 0 Å². The molecule has 0 bridgehead atoms. The van der Waals surface area contributed by atoms with E-state index < -0.39 is 0 Å². The number of hydrogen-bond donors (Lipinski definition) is 1. The van der Waals surface area contributed by atoms with Gasteiger partial charge in [-0.25, -0.2) is 0 Å². The average Bonchev–Trinajstić information content (AvgIpc) is 2.35. The molecule has 0 fully saturated rings. The molecule has 0 aliphatic carbocycles. The highest BCUT2D eigenvalue weighted by Gasteiger charge is 2.20. The van der Waals surface area contributed by atoms with Crippen molar-refractivity contribution in [3.8, 4) is 5.75 Å². The minimum Gasteiger partial charge on any atom is -0.508 e. The fourth-order valence-corrected chi connectivity index (χ4v) is 2.48. The molecule has 0 saturated heterocycles. The van der Waals surface area contributed by atoms with Crippen LogP contribution in [0.1, 0.15) is 17.5 Å². The highest BCUT2D eigenvalue weighted by molar-refractivity contribution is 7.98. The molecule has 1 amide bonds. The predicted molar refractivity (Wildman–Crippen MR) is 70.2 cm³/mol. The maximum absolute atomic E-state index is 11.9. The Morgan fingerprint density at radius 2 is 2.29 bits per heavy atom. The molecule has 1 heterocycles. The molecule has 3 nitrogen and oxygen atoms in total. The highest BCUT2D eigenvalue weighted by atomic mass is 32.2. The summed E-state index contributed by atoms with van der Waals surface area (Å²) >= 11 is 1.69. The smallest absolute Gasteiger partial charge is 0.223 e. The second-order valence-electron chi connectivity index (χ2n) is 4.26. The van der Waals surface area contributed by atoms with Crippen LogP contribution < -0.4 is 0 Å². The predicted octanol–water partition coefficient (Wildman–Crippen LogP) is 2.03. The third-order valence-electron chi connectivity index (χ3n) is 3.07. The zero-order valence-corrected chi connectivity index (χ0v) is 10.8. The number of nitrogens with zero attached hydrogens (tertiary/aromatic N) is 1. The van der Waals surface area contributed by atoms with Gasteiger partial charge < -0.3 is 10.0 Å². The van der Waals surface area contributed by atoms with Gasteiger partial charge in [-0.2, -0.15) is 11.8 Å². The standard InChI is InChI=1S/C13H17NO2S/c1-17-7-5-13(16)14-6-4-10-2-3-12(15)8-11(10)9-14/h2-3,8,15H,4-7,9H2,1H3. The second-order valence-corrected chi connectivity index (χ2v) is 5.25. The van der Waals surface area contributed by atoms with E-state index in [4.69, 9.17) is 0 Å². The number of carbonyl (C=O) groups excluding carboxylic acids is 1. The van der Waals surface area contributed by atoms with E-state index in [1.54, 1.807) is 23.9 Å². The number of benzene rings is 1. The summed E-state index contributed by atoms with van der Waals surface area (Å²) < 4.78 is 0. The average molecular weight is 251 g/mol. The van der Waals surface area contributed by atoms with Gasteiger partial charge in [-0.15, -0.1) is 0 Å². The molecule has 1 N–H and O–H groups in total. The van der Waals surface area contributed by atoms with Crippen molar-refractivity contribution >= 4 is 17.7 Å². The first-order valence-electron chi connectivity index (χ1n) is 5.78. The molecule has 0 saturated carbocycles. The Hall–Kier alpha value is -1.16. The third kappa shape index (κ3) is 2.94. The summed E-state index contributed by atoms with van der Waals surface area (Å²) in [6.45, 7) is 1.43. The van der Waals surface area contributed by atoms with Crippen LogP contribution in [0.2, 0.25) is 0 Å². The van der Waals surface area contributed by atoms with Crippen LogP contribution >= 0.6 is 11.8 Å². The molecule has 0 radical (unpaired) electrons. The van der Waals surface area contributed by atoms with Crippen LogP contribution in [0.15, 0.2) is 18.2 Å². The topological polar surface area (TPSA) is 40.5 Å². The van der Waals surface area contributed by atoms with Crippen LogP contribution in [0.5, 0.6) is 5.75 Å². The Labute approximate surface area is 106 Å². The van der Waals surface area contributed by atoms with Crippen molar-refractivity contribution in [2.45, 2.75) is 19.4 Å². The van der Waals surface area contributed by atoms with Crippen molar-refractivity contribution in [1.82, 2.24) is 4.90 Å². The van der Waals surface area contributed by atoms with Gasteiger partial charge in [-0.05, 0) is 35.9 Å². The van der Waals surface area contributed by atoms with Crippen molar-refractivity contribution in [3.05, 3.63) is 29.3 Å². The minimum atomic E-state index is 0.216.